The molecule has 0 fully saturated rings. The molecule has 4 nitrogen and oxygen atoms in total. The minimum Gasteiger partial charge on any atom is -0.392 e. The summed E-state index contributed by atoms with van der Waals surface area (Å²) >= 11 is 0. The Kier molecular flexibility index (Phi) is 31.7. The Bertz CT molecular complexity index is 3650. The minimum atomic E-state index is 0.159. The van der Waals surface area contributed by atoms with Crippen molar-refractivity contribution in [2.24, 2.45) is 59.2 Å². The number of fused-ring (bicyclic) bond motifs is 7. The van der Waals surface area contributed by atoms with E-state index in [1.54, 1.807) is 33.4 Å². The van der Waals surface area contributed by atoms with E-state index in [1.807, 2.05) is 21.3 Å². The van der Waals surface area contributed by atoms with Gasteiger partial charge in [-0.15, -0.1) is 0 Å². The van der Waals surface area contributed by atoms with E-state index in [4.69, 9.17) is 14.2 Å². The average molecular weight is 1450 g/mol. The van der Waals surface area contributed by atoms with E-state index >= 15 is 0 Å². The van der Waals surface area contributed by atoms with Crippen molar-refractivity contribution in [1.82, 2.24) is 0 Å². The van der Waals surface area contributed by atoms with Crippen LogP contribution >= 0.6 is 0 Å². The Morgan fingerprint density at radius 3 is 1.00 bits per heavy atom. The second-order valence-corrected chi connectivity index (χ2v) is 38.2. The van der Waals surface area contributed by atoms with Crippen molar-refractivity contribution in [1.29, 1.82) is 0 Å². The van der Waals surface area contributed by atoms with E-state index in [-0.39, 0.29) is 22.9 Å². The van der Waals surface area contributed by atoms with Crippen molar-refractivity contribution in [3.05, 3.63) is 247 Å². The van der Waals surface area contributed by atoms with Gasteiger partial charge >= 0.3 is 0 Å². The third-order valence-electron chi connectivity index (χ3n) is 26.6. The molecule has 586 valence electrons. The summed E-state index contributed by atoms with van der Waals surface area (Å²) in [5, 5.41) is 9.23. The molecule has 0 aliphatic heterocycles. The van der Waals surface area contributed by atoms with Gasteiger partial charge in [0, 0.05) is 39.1 Å². The quantitative estimate of drug-likeness (QED) is 0.140. The van der Waals surface area contributed by atoms with Gasteiger partial charge in [0.1, 0.15) is 0 Å². The second kappa shape index (κ2) is 39.0. The van der Waals surface area contributed by atoms with Crippen LogP contribution in [0.15, 0.2) is 164 Å². The lowest BCUT2D eigenvalue weighted by atomic mass is 9.65. The number of aliphatic hydroxyl groups excluding tert-OH is 1. The third kappa shape index (κ3) is 21.1. The van der Waals surface area contributed by atoms with E-state index in [0.717, 1.165) is 78.1 Å². The van der Waals surface area contributed by atoms with Gasteiger partial charge < -0.3 is 19.3 Å². The fraction of sp³-hybridized carbons (Fsp3) is 0.592. The number of methoxy groups -OCH3 is 3. The van der Waals surface area contributed by atoms with Crippen molar-refractivity contribution < 1.29 is 19.3 Å². The summed E-state index contributed by atoms with van der Waals surface area (Å²) in [5.41, 5.74) is 23.3. The first kappa shape index (κ1) is 87.0. The summed E-state index contributed by atoms with van der Waals surface area (Å²) in [7, 11) is 5.55. The Balaban J connectivity index is 0.000000158. The van der Waals surface area contributed by atoms with Crippen LogP contribution < -0.4 is 0 Å². The zero-order chi connectivity index (χ0) is 78.4. The normalized spacial score (nSPS) is 25.8. The maximum atomic E-state index is 9.23. The van der Waals surface area contributed by atoms with Crippen LogP contribution in [0, 0.1) is 59.2 Å². The van der Waals surface area contributed by atoms with Gasteiger partial charge in [0.2, 0.25) is 0 Å². The minimum absolute atomic E-state index is 0.159. The molecule has 0 saturated heterocycles. The number of hydrogen-bond acceptors (Lipinski definition) is 4. The van der Waals surface area contributed by atoms with E-state index in [9.17, 15) is 5.11 Å². The second-order valence-electron chi connectivity index (χ2n) is 38.2. The number of aryl methyl sites for hydroxylation is 3. The predicted octanol–water partition coefficient (Wildman–Crippen LogP) is 27.3. The highest BCUT2D eigenvalue weighted by Crippen LogP contribution is 2.51. The highest BCUT2D eigenvalue weighted by molar-refractivity contribution is 5.44. The summed E-state index contributed by atoms with van der Waals surface area (Å²) in [5.74, 6) is 12.0. The molecular formula is C103H150O4. The van der Waals surface area contributed by atoms with Crippen molar-refractivity contribution in [2.45, 2.75) is 312 Å². The van der Waals surface area contributed by atoms with E-state index < -0.39 is 0 Å². The maximum Gasteiger partial charge on any atom is 0.0681 e. The zero-order valence-electron chi connectivity index (χ0n) is 72.3. The SMILES string of the molecule is CC(C)[C@@H]1c2cc(CO)ccc2CC[C@@H]1C.CC(C)[C@@H]1c2ccccc2CC[C@@H]1C.CC(C)[C@@H]1c2ccccc2C[C@@H]1C.CC(C)[C@H]1CCCc2ccccc21.CO[C@@H]1CC(C)(C)c2ccccc2[C@@H]1C(C)C.CO[C@@H]1CC(C)(C)c2ccccc2[C@H]1C(C)C.CO[C@H]1CC(C)(C)c2ccccc2[C@H]1C(C)C. The first-order chi connectivity index (χ1) is 50.7. The predicted molar refractivity (Wildman–Crippen MR) is 460 cm³/mol. The zero-order valence-corrected chi connectivity index (χ0v) is 72.3. The summed E-state index contributed by atoms with van der Waals surface area (Å²) in [6, 6.07) is 60.0. The van der Waals surface area contributed by atoms with Gasteiger partial charge in [0.25, 0.3) is 0 Å². The topological polar surface area (TPSA) is 47.9 Å². The van der Waals surface area contributed by atoms with Crippen LogP contribution in [0.25, 0.3) is 0 Å². The average Bonchev–Trinajstić information content (AvgIpc) is 1.55. The molecule has 7 aliphatic carbocycles. The lowest BCUT2D eigenvalue weighted by Crippen LogP contribution is -2.39. The van der Waals surface area contributed by atoms with E-state index in [1.165, 1.54) is 95.9 Å². The molecule has 0 aromatic heterocycles. The van der Waals surface area contributed by atoms with Gasteiger partial charge in [0.05, 0.1) is 24.9 Å². The molecule has 0 unspecified atom stereocenters. The molecule has 0 amide bonds. The number of ether oxygens (including phenoxy) is 3. The molecule has 107 heavy (non-hydrogen) atoms. The summed E-state index contributed by atoms with van der Waals surface area (Å²) in [6.45, 7) is 53.7. The number of benzene rings is 7. The number of rotatable bonds is 11. The molecule has 0 spiro atoms. The van der Waals surface area contributed by atoms with Crippen molar-refractivity contribution in [3.63, 3.8) is 0 Å². The summed E-state index contributed by atoms with van der Waals surface area (Å²) in [4.78, 5) is 0. The first-order valence-corrected chi connectivity index (χ1v) is 42.6. The molecule has 0 radical (unpaired) electrons. The van der Waals surface area contributed by atoms with Crippen LogP contribution in [-0.2, 0) is 62.7 Å². The molecule has 13 atom stereocenters. The van der Waals surface area contributed by atoms with E-state index in [0.29, 0.717) is 65.7 Å². The molecular weight excluding hydrogens is 1300 g/mol. The van der Waals surface area contributed by atoms with Crippen LogP contribution in [0.2, 0.25) is 0 Å². The lowest BCUT2D eigenvalue weighted by Gasteiger charge is -2.43. The lowest BCUT2D eigenvalue weighted by molar-refractivity contribution is 0.0329. The van der Waals surface area contributed by atoms with Crippen molar-refractivity contribution in [3.8, 4) is 0 Å². The molecule has 0 heterocycles. The van der Waals surface area contributed by atoms with Crippen molar-refractivity contribution >= 4 is 0 Å². The van der Waals surface area contributed by atoms with Gasteiger partial charge in [-0.1, -0.05) is 323 Å². The van der Waals surface area contributed by atoms with Crippen LogP contribution in [0.5, 0.6) is 0 Å². The maximum absolute atomic E-state index is 9.23. The number of aliphatic hydroxyl groups is 1. The Morgan fingerprint density at radius 2 is 0.636 bits per heavy atom. The van der Waals surface area contributed by atoms with Crippen LogP contribution in [0.3, 0.4) is 0 Å². The molecule has 0 bridgehead atoms. The highest BCUT2D eigenvalue weighted by atomic mass is 16.5. The van der Waals surface area contributed by atoms with Gasteiger partial charge in [0.15, 0.2) is 0 Å². The smallest absolute Gasteiger partial charge is 0.0681 e. The van der Waals surface area contributed by atoms with Gasteiger partial charge in [-0.25, -0.2) is 0 Å². The molecule has 4 heteroatoms. The molecule has 7 aromatic rings. The largest absolute Gasteiger partial charge is 0.392 e. The summed E-state index contributed by atoms with van der Waals surface area (Å²) in [6.07, 6.45) is 14.9. The Labute approximate surface area is 655 Å². The van der Waals surface area contributed by atoms with E-state index in [2.05, 4.69) is 323 Å². The highest BCUT2D eigenvalue weighted by Gasteiger charge is 2.44. The van der Waals surface area contributed by atoms with Crippen LogP contribution in [0.4, 0.5) is 0 Å². The van der Waals surface area contributed by atoms with Gasteiger partial charge in [-0.2, -0.15) is 0 Å². The Morgan fingerprint density at radius 1 is 0.327 bits per heavy atom. The van der Waals surface area contributed by atoms with Gasteiger partial charge in [-0.05, 0) is 253 Å². The first-order valence-electron chi connectivity index (χ1n) is 42.6. The van der Waals surface area contributed by atoms with Crippen LogP contribution in [0.1, 0.15) is 329 Å². The fourth-order valence-corrected chi connectivity index (χ4v) is 21.6. The summed E-state index contributed by atoms with van der Waals surface area (Å²) < 4.78 is 17.3. The molecule has 0 saturated carbocycles. The number of hydrogen-bond donors (Lipinski definition) is 1. The fourth-order valence-electron chi connectivity index (χ4n) is 21.6. The van der Waals surface area contributed by atoms with Gasteiger partial charge in [-0.3, -0.25) is 0 Å². The third-order valence-corrected chi connectivity index (χ3v) is 26.6. The molecule has 14 rings (SSSR count). The molecule has 1 N–H and O–H groups in total. The van der Waals surface area contributed by atoms with Crippen LogP contribution in [-0.4, -0.2) is 44.7 Å². The Hall–Kier alpha value is -5.62. The molecule has 7 aromatic carbocycles. The monoisotopic (exact) mass is 1450 g/mol. The molecule has 7 aliphatic rings. The van der Waals surface area contributed by atoms with Crippen molar-refractivity contribution in [2.75, 3.05) is 21.3 Å². The standard InChI is InChI=1S/3C16H24O.C15H22O.C14H20.2C13H18/c3*1-11(2)15-12-8-6-7-9-13(12)16(3,4)10-14(15)17-5;1-10(2)15-11(3)4-6-13-7-5-12(9-16)8-14(13)15;1-10(2)14-11(3)8-9-12-6-4-5-7-13(12)14;1-9(2)13-10(3)8-11-6-4-5-7-12(11)13;1-10(2)12-9-5-7-11-6-3-4-8-13(11)12/h3*6-9,11,14-15H,10H2,1-5H3;5,7-8,10-11,15-16H,4,6,9H2,1-3H3;4-7,10-11,14H,8-9H2,1-3H3;4-7,9-10,13H,8H2,1-3H3;3-4,6,8,10,12H,5,7,9H2,1-2H3/t2*14-,15+;14-,15-;11-,15-;11-,14-;10-,13-;12-/m1010001/s1.